The quantitative estimate of drug-likeness (QED) is 0.423. The molecule has 1 heterocycles. The van der Waals surface area contributed by atoms with Crippen LogP contribution in [0.15, 0.2) is 24.3 Å². The Kier molecular flexibility index (Phi) is 7.83. The summed E-state index contributed by atoms with van der Waals surface area (Å²) < 4.78 is 18.3. The minimum Gasteiger partial charge on any atom is -0.417 e. The smallest absolute Gasteiger partial charge is 0.417 e. The zero-order valence-corrected chi connectivity index (χ0v) is 23.1. The molecule has 0 unspecified atom stereocenters. The van der Waals surface area contributed by atoms with Gasteiger partial charge in [-0.2, -0.15) is 0 Å². The summed E-state index contributed by atoms with van der Waals surface area (Å²) in [5.74, 6) is 1.58. The van der Waals surface area contributed by atoms with E-state index in [0.717, 1.165) is 57.7 Å². The maximum Gasteiger partial charge on any atom is 0.470 e. The van der Waals surface area contributed by atoms with Crippen LogP contribution in [-0.2, 0) is 15.1 Å². The van der Waals surface area contributed by atoms with E-state index in [1.54, 1.807) is 0 Å². The van der Waals surface area contributed by atoms with E-state index in [9.17, 15) is 9.79 Å². The van der Waals surface area contributed by atoms with Gasteiger partial charge in [0.1, 0.15) is 11.5 Å². The summed E-state index contributed by atoms with van der Waals surface area (Å²) in [6.45, 7) is 19.4. The summed E-state index contributed by atoms with van der Waals surface area (Å²) in [6, 6.07) is 8.55. The molecule has 182 valence electrons. The van der Waals surface area contributed by atoms with Gasteiger partial charge >= 0.3 is 17.2 Å². The van der Waals surface area contributed by atoms with Gasteiger partial charge in [0.25, 0.3) is 0 Å². The van der Waals surface area contributed by atoms with Crippen molar-refractivity contribution in [2.45, 2.75) is 91.9 Å². The van der Waals surface area contributed by atoms with Crippen molar-refractivity contribution < 1.29 is 23.1 Å². The van der Waals surface area contributed by atoms with E-state index in [-0.39, 0.29) is 16.7 Å². The fraction of sp³-hybridized carbons (Fsp3) is 0.538. The standard InChI is InChI=1S/C26H38O5P2/c1-10-11-18-21-16(2)12-14-19(25(4,5)6)23(21)29-33(31-32(27)28)30-24-20(26(7,8)9)15-13-17(3)22(18)24/h12-15,18,27-28H,10-11H2,1-9H3. The van der Waals surface area contributed by atoms with Crippen molar-refractivity contribution >= 4 is 17.2 Å². The van der Waals surface area contributed by atoms with Crippen molar-refractivity contribution in [1.29, 1.82) is 0 Å². The van der Waals surface area contributed by atoms with Gasteiger partial charge in [-0.1, -0.05) is 79.2 Å². The first kappa shape index (κ1) is 26.4. The predicted octanol–water partition coefficient (Wildman–Crippen LogP) is 8.06. The largest absolute Gasteiger partial charge is 0.470 e. The molecule has 0 bridgehead atoms. The molecular formula is C26H38O5P2. The SMILES string of the molecule is CCCC1c2c(C)ccc(C(C)(C)C)c2OP(OP(O)O)Oc2c(C(C)(C)C)ccc(C)c21. The lowest BCUT2D eigenvalue weighted by molar-refractivity contribution is 0.323. The number of aryl methyl sites for hydroxylation is 2. The molecule has 2 aromatic rings. The van der Waals surface area contributed by atoms with Gasteiger partial charge in [-0.15, -0.1) is 0 Å². The third-order valence-electron chi connectivity index (χ3n) is 6.19. The van der Waals surface area contributed by atoms with Crippen LogP contribution in [0.3, 0.4) is 0 Å². The van der Waals surface area contributed by atoms with E-state index >= 15 is 0 Å². The van der Waals surface area contributed by atoms with Gasteiger partial charge in [-0.25, -0.2) is 4.31 Å². The predicted molar refractivity (Wildman–Crippen MR) is 137 cm³/mol. The molecule has 2 N–H and O–H groups in total. The third-order valence-corrected chi connectivity index (χ3v) is 7.97. The summed E-state index contributed by atoms with van der Waals surface area (Å²) >= 11 is 0. The van der Waals surface area contributed by atoms with Crippen LogP contribution in [0.4, 0.5) is 0 Å². The molecule has 0 radical (unpaired) electrons. The van der Waals surface area contributed by atoms with Crippen LogP contribution >= 0.6 is 17.2 Å². The zero-order chi connectivity index (χ0) is 24.7. The van der Waals surface area contributed by atoms with Crippen LogP contribution in [0, 0.1) is 13.8 Å². The Hall–Kier alpha value is -1.22. The molecule has 5 nitrogen and oxygen atoms in total. The lowest BCUT2D eigenvalue weighted by Gasteiger charge is -2.36. The molecule has 7 heteroatoms. The van der Waals surface area contributed by atoms with E-state index in [2.05, 4.69) is 86.6 Å². The van der Waals surface area contributed by atoms with Gasteiger partial charge in [0.15, 0.2) is 0 Å². The number of rotatable bonds is 4. The third kappa shape index (κ3) is 5.55. The highest BCUT2D eigenvalue weighted by Gasteiger charge is 2.38. The van der Waals surface area contributed by atoms with Gasteiger partial charge in [0.05, 0.1) is 0 Å². The van der Waals surface area contributed by atoms with Crippen molar-refractivity contribution in [3.8, 4) is 11.5 Å². The molecule has 2 aromatic carbocycles. The van der Waals surface area contributed by atoms with E-state index < -0.39 is 17.2 Å². The molecule has 0 amide bonds. The van der Waals surface area contributed by atoms with E-state index in [1.165, 1.54) is 0 Å². The fourth-order valence-corrected chi connectivity index (χ4v) is 6.09. The molecule has 0 aliphatic carbocycles. The van der Waals surface area contributed by atoms with Gasteiger partial charge in [0, 0.05) is 28.2 Å². The average molecular weight is 493 g/mol. The first-order valence-electron chi connectivity index (χ1n) is 11.6. The number of hydrogen-bond acceptors (Lipinski definition) is 5. The average Bonchev–Trinajstić information content (AvgIpc) is 2.64. The van der Waals surface area contributed by atoms with Gasteiger partial charge in [-0.3, -0.25) is 0 Å². The lowest BCUT2D eigenvalue weighted by Crippen LogP contribution is -2.21. The highest BCUT2D eigenvalue weighted by atomic mass is 31.2. The molecular weight excluding hydrogens is 454 g/mol. The molecule has 0 saturated carbocycles. The van der Waals surface area contributed by atoms with Crippen molar-refractivity contribution in [2.75, 3.05) is 0 Å². The van der Waals surface area contributed by atoms with Crippen LogP contribution in [0.5, 0.6) is 11.5 Å². The molecule has 1 aliphatic heterocycles. The Bertz CT molecular complexity index is 932. The van der Waals surface area contributed by atoms with Crippen molar-refractivity contribution in [2.24, 2.45) is 0 Å². The normalized spacial score (nSPS) is 18.7. The number of hydrogen-bond donors (Lipinski definition) is 2. The highest BCUT2D eigenvalue weighted by molar-refractivity contribution is 7.55. The molecule has 3 rings (SSSR count). The first-order valence-corrected chi connectivity index (χ1v) is 13.8. The lowest BCUT2D eigenvalue weighted by atomic mass is 9.76. The maximum absolute atomic E-state index is 9.72. The molecule has 0 spiro atoms. The molecule has 0 atom stereocenters. The Labute approximate surface area is 201 Å². The Morgan fingerprint density at radius 2 is 1.27 bits per heavy atom. The molecule has 0 saturated heterocycles. The summed E-state index contributed by atoms with van der Waals surface area (Å²) in [5.41, 5.74) is 6.32. The van der Waals surface area contributed by atoms with Crippen LogP contribution in [0.2, 0.25) is 0 Å². The van der Waals surface area contributed by atoms with Crippen molar-refractivity contribution in [3.63, 3.8) is 0 Å². The molecule has 0 fully saturated rings. The second-order valence-electron chi connectivity index (χ2n) is 10.9. The molecule has 0 aromatic heterocycles. The first-order chi connectivity index (χ1) is 15.3. The van der Waals surface area contributed by atoms with Gasteiger partial charge in [-0.05, 0) is 42.2 Å². The molecule has 33 heavy (non-hydrogen) atoms. The Morgan fingerprint density at radius 3 is 1.61 bits per heavy atom. The monoisotopic (exact) mass is 492 g/mol. The van der Waals surface area contributed by atoms with E-state index in [0.29, 0.717) is 0 Å². The van der Waals surface area contributed by atoms with E-state index in [1.807, 2.05) is 0 Å². The maximum atomic E-state index is 9.72. The summed E-state index contributed by atoms with van der Waals surface area (Å²) in [4.78, 5) is 19.4. The van der Waals surface area contributed by atoms with Crippen LogP contribution < -0.4 is 9.05 Å². The summed E-state index contributed by atoms with van der Waals surface area (Å²) in [7, 11) is -4.73. The van der Waals surface area contributed by atoms with Crippen LogP contribution in [0.25, 0.3) is 0 Å². The van der Waals surface area contributed by atoms with Crippen LogP contribution in [-0.4, -0.2) is 9.79 Å². The second kappa shape index (κ2) is 9.80. The Morgan fingerprint density at radius 1 is 0.848 bits per heavy atom. The summed E-state index contributed by atoms with van der Waals surface area (Å²) in [5, 5.41) is 0. The van der Waals surface area contributed by atoms with Gasteiger partial charge < -0.3 is 18.8 Å². The van der Waals surface area contributed by atoms with Crippen molar-refractivity contribution in [3.05, 3.63) is 57.6 Å². The van der Waals surface area contributed by atoms with Crippen LogP contribution in [0.1, 0.15) is 101 Å². The number of fused-ring (bicyclic) bond motifs is 2. The second-order valence-corrected chi connectivity index (χ2v) is 12.9. The minimum absolute atomic E-state index is 0.0894. The zero-order valence-electron chi connectivity index (χ0n) is 21.3. The Balaban J connectivity index is 2.43. The topological polar surface area (TPSA) is 68.2 Å². The summed E-state index contributed by atoms with van der Waals surface area (Å²) in [6.07, 6.45) is 1.95. The molecule has 1 aliphatic rings. The van der Waals surface area contributed by atoms with Crippen molar-refractivity contribution in [1.82, 2.24) is 0 Å². The minimum atomic E-state index is -2.65. The highest BCUT2D eigenvalue weighted by Crippen LogP contribution is 2.59. The van der Waals surface area contributed by atoms with Gasteiger partial charge in [0.2, 0.25) is 0 Å². The van der Waals surface area contributed by atoms with E-state index in [4.69, 9.17) is 13.4 Å². The fourth-order valence-electron chi connectivity index (χ4n) is 4.62. The number of benzene rings is 2.